The van der Waals surface area contributed by atoms with E-state index in [2.05, 4.69) is 15.9 Å². The molecule has 0 heterocycles. The van der Waals surface area contributed by atoms with E-state index in [9.17, 15) is 13.2 Å². The third-order valence-electron chi connectivity index (χ3n) is 1.09. The molecule has 0 aromatic rings. The molecule has 0 fully saturated rings. The average Bonchev–Trinajstić information content (AvgIpc) is 1.84. The number of halogens is 6. The fourth-order valence-corrected chi connectivity index (χ4v) is 1.44. The summed E-state index contributed by atoms with van der Waals surface area (Å²) in [6.07, 6.45) is -0.691. The highest BCUT2D eigenvalue weighted by Crippen LogP contribution is 2.44. The van der Waals surface area contributed by atoms with Gasteiger partial charge < -0.3 is 5.11 Å². The molecule has 74 valence electrons. The summed E-state index contributed by atoms with van der Waals surface area (Å²) in [4.78, 5) is -4.59. The van der Waals surface area contributed by atoms with E-state index in [1.165, 1.54) is 0 Å². The highest BCUT2D eigenvalue weighted by molar-refractivity contribution is 9.10. The third-order valence-corrected chi connectivity index (χ3v) is 2.95. The molecule has 7 heteroatoms. The Hall–Kier alpha value is 1.000. The summed E-state index contributed by atoms with van der Waals surface area (Å²) in [6, 6.07) is 0. The van der Waals surface area contributed by atoms with Gasteiger partial charge in [0.05, 0.1) is 6.61 Å². The van der Waals surface area contributed by atoms with Crippen LogP contribution in [-0.2, 0) is 0 Å². The van der Waals surface area contributed by atoms with E-state index in [0.717, 1.165) is 0 Å². The summed E-state index contributed by atoms with van der Waals surface area (Å²) in [6.45, 7) is -0.457. The molecule has 1 nitrogen and oxygen atoms in total. The van der Waals surface area contributed by atoms with Crippen molar-refractivity contribution < 1.29 is 18.3 Å². The lowest BCUT2D eigenvalue weighted by molar-refractivity contribution is -0.0110. The van der Waals surface area contributed by atoms with Gasteiger partial charge in [-0.05, 0) is 15.9 Å². The largest absolute Gasteiger partial charge is 0.395 e. The summed E-state index contributed by atoms with van der Waals surface area (Å²) >= 11 is 9.47. The van der Waals surface area contributed by atoms with E-state index < -0.39 is 27.8 Å². The quantitative estimate of drug-likeness (QED) is 0.784. The maximum Gasteiger partial charge on any atom is 0.348 e. The summed E-state index contributed by atoms with van der Waals surface area (Å²) in [5, 5.41) is 5.24. The first kappa shape index (κ1) is 13.0. The number of alkyl halides is 6. The minimum atomic E-state index is -3.80. The van der Waals surface area contributed by atoms with Crippen LogP contribution in [-0.4, -0.2) is 26.5 Å². The van der Waals surface area contributed by atoms with Crippen LogP contribution in [0.1, 0.15) is 6.42 Å². The number of hydrogen-bond donors (Lipinski definition) is 1. The van der Waals surface area contributed by atoms with Crippen LogP contribution in [0.15, 0.2) is 0 Å². The summed E-state index contributed by atoms with van der Waals surface area (Å²) in [5.74, 6) is 0. The average molecular weight is 334 g/mol. The molecule has 0 aliphatic heterocycles. The Kier molecular flexibility index (Phi) is 4.85. The van der Waals surface area contributed by atoms with Crippen LogP contribution in [0.5, 0.6) is 0 Å². The Labute approximate surface area is 89.5 Å². The molecular formula is C5H6Br2ClF3O. The predicted molar refractivity (Wildman–Crippen MR) is 48.0 cm³/mol. The molecule has 0 saturated heterocycles. The molecular weight excluding hydrogens is 328 g/mol. The van der Waals surface area contributed by atoms with E-state index in [1.54, 1.807) is 0 Å². The van der Waals surface area contributed by atoms with Crippen molar-refractivity contribution in [3.8, 4) is 0 Å². The van der Waals surface area contributed by atoms with Gasteiger partial charge in [-0.25, -0.2) is 4.39 Å². The van der Waals surface area contributed by atoms with Gasteiger partial charge in [0.25, 0.3) is 5.13 Å². The minimum Gasteiger partial charge on any atom is -0.395 e. The lowest BCUT2D eigenvalue weighted by Gasteiger charge is -2.24. The van der Waals surface area contributed by atoms with E-state index >= 15 is 0 Å². The molecule has 2 atom stereocenters. The Morgan fingerprint density at radius 2 is 1.83 bits per heavy atom. The molecule has 1 N–H and O–H groups in total. The SMILES string of the molecule is OC[C@H](Br)C[C@](F)(Cl)C(F)(F)Br. The predicted octanol–water partition coefficient (Wildman–Crippen LogP) is 3.02. The summed E-state index contributed by atoms with van der Waals surface area (Å²) < 4.78 is 37.5. The summed E-state index contributed by atoms with van der Waals surface area (Å²) in [7, 11) is 0. The maximum atomic E-state index is 12.9. The lowest BCUT2D eigenvalue weighted by atomic mass is 10.2. The lowest BCUT2D eigenvalue weighted by Crippen LogP contribution is -2.36. The molecule has 0 aliphatic carbocycles. The van der Waals surface area contributed by atoms with E-state index in [1.807, 2.05) is 15.9 Å². The van der Waals surface area contributed by atoms with Gasteiger partial charge in [0, 0.05) is 11.2 Å². The van der Waals surface area contributed by atoms with Crippen molar-refractivity contribution in [2.75, 3.05) is 6.61 Å². The van der Waals surface area contributed by atoms with Crippen molar-refractivity contribution >= 4 is 43.5 Å². The first-order chi connectivity index (χ1) is 5.20. The molecule has 0 radical (unpaired) electrons. The molecule has 0 rings (SSSR count). The molecule has 12 heavy (non-hydrogen) atoms. The number of hydrogen-bond acceptors (Lipinski definition) is 1. The normalized spacial score (nSPS) is 20.2. The molecule has 0 amide bonds. The van der Waals surface area contributed by atoms with Crippen molar-refractivity contribution in [1.29, 1.82) is 0 Å². The third kappa shape index (κ3) is 3.81. The standard InChI is InChI=1S/C5H6Br2ClF3O/c6-3(2-12)1-4(8,9)5(7,10)11/h3,12H,1-2H2/t3-,4-/m1/s1. The number of aliphatic hydroxyl groups excluding tert-OH is 1. The Morgan fingerprint density at radius 3 is 2.08 bits per heavy atom. The van der Waals surface area contributed by atoms with Crippen molar-refractivity contribution in [3.05, 3.63) is 0 Å². The van der Waals surface area contributed by atoms with Gasteiger partial charge in [0.15, 0.2) is 0 Å². The molecule has 0 aromatic carbocycles. The monoisotopic (exact) mass is 332 g/mol. The van der Waals surface area contributed by atoms with Crippen LogP contribution in [0, 0.1) is 0 Å². The Bertz CT molecular complexity index is 150. The first-order valence-corrected chi connectivity index (χ1v) is 4.99. The second kappa shape index (κ2) is 4.48. The second-order valence-corrected chi connectivity index (χ2v) is 5.08. The summed E-state index contributed by atoms with van der Waals surface area (Å²) in [5.41, 5.74) is 0. The second-order valence-electron chi connectivity index (χ2n) is 2.19. The van der Waals surface area contributed by atoms with Gasteiger partial charge >= 0.3 is 4.83 Å². The molecule has 0 aromatic heterocycles. The van der Waals surface area contributed by atoms with Gasteiger partial charge in [-0.2, -0.15) is 8.78 Å². The van der Waals surface area contributed by atoms with E-state index in [-0.39, 0.29) is 0 Å². The van der Waals surface area contributed by atoms with Crippen LogP contribution in [0.2, 0.25) is 0 Å². The molecule has 0 bridgehead atoms. The smallest absolute Gasteiger partial charge is 0.348 e. The molecule has 0 spiro atoms. The molecule has 0 aliphatic rings. The highest BCUT2D eigenvalue weighted by Gasteiger charge is 2.52. The van der Waals surface area contributed by atoms with Crippen molar-refractivity contribution in [2.45, 2.75) is 21.2 Å². The van der Waals surface area contributed by atoms with Crippen LogP contribution < -0.4 is 0 Å². The van der Waals surface area contributed by atoms with Gasteiger partial charge in [-0.3, -0.25) is 0 Å². The van der Waals surface area contributed by atoms with Crippen LogP contribution in [0.4, 0.5) is 13.2 Å². The molecule has 0 saturated carbocycles. The van der Waals surface area contributed by atoms with E-state index in [0.29, 0.717) is 0 Å². The van der Waals surface area contributed by atoms with Gasteiger partial charge in [-0.1, -0.05) is 27.5 Å². The first-order valence-electron chi connectivity index (χ1n) is 2.90. The number of aliphatic hydroxyl groups is 1. The van der Waals surface area contributed by atoms with Crippen molar-refractivity contribution in [1.82, 2.24) is 0 Å². The van der Waals surface area contributed by atoms with Crippen LogP contribution in [0.25, 0.3) is 0 Å². The topological polar surface area (TPSA) is 20.2 Å². The zero-order chi connectivity index (χ0) is 9.99. The number of rotatable bonds is 4. The van der Waals surface area contributed by atoms with Crippen LogP contribution >= 0.6 is 43.5 Å². The molecule has 0 unspecified atom stereocenters. The fourth-order valence-electron chi connectivity index (χ4n) is 0.458. The highest BCUT2D eigenvalue weighted by atomic mass is 79.9. The minimum absolute atomic E-state index is 0.457. The zero-order valence-electron chi connectivity index (χ0n) is 5.71. The Morgan fingerprint density at radius 1 is 1.42 bits per heavy atom. The van der Waals surface area contributed by atoms with E-state index in [4.69, 9.17) is 16.7 Å². The fraction of sp³-hybridized carbons (Fsp3) is 1.00. The zero-order valence-corrected chi connectivity index (χ0v) is 9.63. The Balaban J connectivity index is 4.22. The van der Waals surface area contributed by atoms with Crippen LogP contribution in [0.3, 0.4) is 0 Å². The van der Waals surface area contributed by atoms with Gasteiger partial charge in [0.1, 0.15) is 0 Å². The van der Waals surface area contributed by atoms with Gasteiger partial charge in [0.2, 0.25) is 0 Å². The maximum absolute atomic E-state index is 12.9. The van der Waals surface area contributed by atoms with Crippen molar-refractivity contribution in [2.24, 2.45) is 0 Å². The van der Waals surface area contributed by atoms with Gasteiger partial charge in [-0.15, -0.1) is 0 Å². The van der Waals surface area contributed by atoms with Crippen molar-refractivity contribution in [3.63, 3.8) is 0 Å².